The SMILES string of the molecule is CCCOC=C1OC(N)=C(c2cccc(C(F)(F)F)c2)C1=O. The summed E-state index contributed by atoms with van der Waals surface area (Å²) in [5.41, 5.74) is 4.70. The van der Waals surface area contributed by atoms with Crippen LogP contribution < -0.4 is 5.73 Å². The third kappa shape index (κ3) is 3.24. The van der Waals surface area contributed by atoms with Crippen LogP contribution in [0.4, 0.5) is 13.2 Å². The van der Waals surface area contributed by atoms with Gasteiger partial charge in [-0.3, -0.25) is 4.79 Å². The van der Waals surface area contributed by atoms with Crippen molar-refractivity contribution < 1.29 is 27.4 Å². The van der Waals surface area contributed by atoms with E-state index in [1.807, 2.05) is 6.92 Å². The van der Waals surface area contributed by atoms with Gasteiger partial charge in [-0.15, -0.1) is 0 Å². The van der Waals surface area contributed by atoms with Crippen LogP contribution >= 0.6 is 0 Å². The summed E-state index contributed by atoms with van der Waals surface area (Å²) in [7, 11) is 0. The van der Waals surface area contributed by atoms with Crippen molar-refractivity contribution in [2.45, 2.75) is 19.5 Å². The Morgan fingerprint density at radius 3 is 2.73 bits per heavy atom. The van der Waals surface area contributed by atoms with Crippen molar-refractivity contribution in [1.82, 2.24) is 0 Å². The number of rotatable bonds is 4. The van der Waals surface area contributed by atoms with Gasteiger partial charge in [0.25, 0.3) is 0 Å². The molecule has 0 radical (unpaired) electrons. The van der Waals surface area contributed by atoms with Gasteiger partial charge in [-0.05, 0) is 24.1 Å². The van der Waals surface area contributed by atoms with E-state index in [4.69, 9.17) is 15.2 Å². The Hall–Kier alpha value is -2.44. The first-order chi connectivity index (χ1) is 10.3. The van der Waals surface area contributed by atoms with E-state index in [0.717, 1.165) is 24.8 Å². The molecule has 0 aliphatic carbocycles. The van der Waals surface area contributed by atoms with Crippen LogP contribution in [0.15, 0.2) is 42.2 Å². The Morgan fingerprint density at radius 1 is 1.36 bits per heavy atom. The number of Topliss-reactive ketones (excluding diaryl/α,β-unsaturated/α-hetero) is 1. The van der Waals surface area contributed by atoms with E-state index in [2.05, 4.69) is 0 Å². The van der Waals surface area contributed by atoms with Crippen molar-refractivity contribution in [3.05, 3.63) is 53.3 Å². The van der Waals surface area contributed by atoms with Crippen LogP contribution in [-0.4, -0.2) is 12.4 Å². The molecule has 1 aliphatic rings. The van der Waals surface area contributed by atoms with Crippen LogP contribution in [0.1, 0.15) is 24.5 Å². The molecule has 0 atom stereocenters. The minimum atomic E-state index is -4.50. The molecule has 2 N–H and O–H groups in total. The fraction of sp³-hybridized carbons (Fsp3) is 0.267. The molecule has 0 spiro atoms. The quantitative estimate of drug-likeness (QED) is 0.527. The van der Waals surface area contributed by atoms with Gasteiger partial charge in [0.2, 0.25) is 17.4 Å². The molecule has 7 heteroatoms. The molecule has 118 valence electrons. The summed E-state index contributed by atoms with van der Waals surface area (Å²) >= 11 is 0. The molecule has 22 heavy (non-hydrogen) atoms. The van der Waals surface area contributed by atoms with Gasteiger partial charge in [-0.2, -0.15) is 13.2 Å². The second-order valence-electron chi connectivity index (χ2n) is 4.60. The summed E-state index contributed by atoms with van der Waals surface area (Å²) in [6.45, 7) is 2.27. The maximum atomic E-state index is 12.7. The van der Waals surface area contributed by atoms with E-state index >= 15 is 0 Å². The zero-order valence-electron chi connectivity index (χ0n) is 11.7. The first-order valence-corrected chi connectivity index (χ1v) is 6.56. The summed E-state index contributed by atoms with van der Waals surface area (Å²) in [5.74, 6) is -0.984. The van der Waals surface area contributed by atoms with Crippen LogP contribution in [0.3, 0.4) is 0 Å². The van der Waals surface area contributed by atoms with Gasteiger partial charge < -0.3 is 15.2 Å². The maximum absolute atomic E-state index is 12.7. The van der Waals surface area contributed by atoms with Crippen molar-refractivity contribution in [2.75, 3.05) is 6.61 Å². The van der Waals surface area contributed by atoms with Crippen LogP contribution in [-0.2, 0) is 20.4 Å². The molecule has 2 rings (SSSR count). The van der Waals surface area contributed by atoms with Crippen molar-refractivity contribution in [3.63, 3.8) is 0 Å². The molecule has 1 aliphatic heterocycles. The molecule has 0 fully saturated rings. The van der Waals surface area contributed by atoms with Gasteiger partial charge in [0.1, 0.15) is 6.26 Å². The number of ketones is 1. The van der Waals surface area contributed by atoms with Crippen molar-refractivity contribution in [2.24, 2.45) is 5.73 Å². The summed E-state index contributed by atoms with van der Waals surface area (Å²) < 4.78 is 48.4. The zero-order chi connectivity index (χ0) is 16.3. The second-order valence-corrected chi connectivity index (χ2v) is 4.60. The lowest BCUT2D eigenvalue weighted by Crippen LogP contribution is -2.07. The van der Waals surface area contributed by atoms with Gasteiger partial charge >= 0.3 is 6.18 Å². The lowest BCUT2D eigenvalue weighted by Gasteiger charge is -2.08. The molecular formula is C15H14F3NO3. The molecule has 0 bridgehead atoms. The number of alkyl halides is 3. The minimum absolute atomic E-state index is 0.0521. The number of ether oxygens (including phenoxy) is 2. The Labute approximate surface area is 125 Å². The van der Waals surface area contributed by atoms with Gasteiger partial charge in [-0.1, -0.05) is 19.1 Å². The van der Waals surface area contributed by atoms with Gasteiger partial charge in [0.05, 0.1) is 17.7 Å². The number of nitrogens with two attached hydrogens (primary N) is 1. The number of benzene rings is 1. The topological polar surface area (TPSA) is 61.6 Å². The largest absolute Gasteiger partial charge is 0.497 e. The van der Waals surface area contributed by atoms with Crippen molar-refractivity contribution >= 4 is 11.4 Å². The summed E-state index contributed by atoms with van der Waals surface area (Å²) in [5, 5.41) is 0. The molecule has 0 saturated carbocycles. The Morgan fingerprint density at radius 2 is 2.09 bits per heavy atom. The molecular weight excluding hydrogens is 299 g/mol. The van der Waals surface area contributed by atoms with Crippen LogP contribution in [0, 0.1) is 0 Å². The first kappa shape index (κ1) is 15.9. The van der Waals surface area contributed by atoms with Gasteiger partial charge in [0.15, 0.2) is 0 Å². The third-order valence-corrected chi connectivity index (χ3v) is 2.91. The summed E-state index contributed by atoms with van der Waals surface area (Å²) in [4.78, 5) is 12.2. The Bertz CT molecular complexity index is 648. The molecule has 0 saturated heterocycles. The standard InChI is InChI=1S/C15H14F3NO3/c1-2-6-21-8-11-13(20)12(14(19)22-11)9-4-3-5-10(7-9)15(16,17)18/h3-5,7-8H,2,6,19H2,1H3. The molecule has 1 heterocycles. The normalized spacial score (nSPS) is 17.1. The van der Waals surface area contributed by atoms with Gasteiger partial charge in [-0.25, -0.2) is 0 Å². The monoisotopic (exact) mass is 313 g/mol. The molecule has 4 nitrogen and oxygen atoms in total. The predicted octanol–water partition coefficient (Wildman–Crippen LogP) is 3.20. The fourth-order valence-corrected chi connectivity index (χ4v) is 1.91. The van der Waals surface area contributed by atoms with Crippen molar-refractivity contribution in [3.8, 4) is 0 Å². The van der Waals surface area contributed by atoms with Gasteiger partial charge in [0, 0.05) is 0 Å². The fourth-order valence-electron chi connectivity index (χ4n) is 1.91. The summed E-state index contributed by atoms with van der Waals surface area (Å²) in [6, 6.07) is 4.36. The number of hydrogen-bond donors (Lipinski definition) is 1. The molecule has 0 aromatic heterocycles. The predicted molar refractivity (Wildman–Crippen MR) is 73.0 cm³/mol. The number of carbonyl (C=O) groups is 1. The highest BCUT2D eigenvalue weighted by atomic mass is 19.4. The number of hydrogen-bond acceptors (Lipinski definition) is 4. The van der Waals surface area contributed by atoms with Crippen molar-refractivity contribution in [1.29, 1.82) is 0 Å². The molecule has 1 aromatic carbocycles. The number of allylic oxidation sites excluding steroid dienone is 1. The average Bonchev–Trinajstić information content (AvgIpc) is 2.73. The number of halogens is 3. The Kier molecular flexibility index (Phi) is 4.44. The lowest BCUT2D eigenvalue weighted by molar-refractivity contribution is -0.137. The molecule has 0 unspecified atom stereocenters. The Balaban J connectivity index is 2.31. The van der Waals surface area contributed by atoms with Crippen LogP contribution in [0.5, 0.6) is 0 Å². The smallest absolute Gasteiger partial charge is 0.416 e. The highest BCUT2D eigenvalue weighted by Crippen LogP contribution is 2.34. The van der Waals surface area contributed by atoms with Crippen LogP contribution in [0.25, 0.3) is 5.57 Å². The summed E-state index contributed by atoms with van der Waals surface area (Å²) in [6.07, 6.45) is -2.64. The zero-order valence-corrected chi connectivity index (χ0v) is 11.7. The molecule has 1 aromatic rings. The van der Waals surface area contributed by atoms with E-state index in [-0.39, 0.29) is 22.8 Å². The van der Waals surface area contributed by atoms with E-state index in [0.29, 0.717) is 6.61 Å². The van der Waals surface area contributed by atoms with E-state index in [1.54, 1.807) is 0 Å². The highest BCUT2D eigenvalue weighted by molar-refractivity contribution is 6.30. The van der Waals surface area contributed by atoms with E-state index < -0.39 is 17.5 Å². The second kappa shape index (κ2) is 6.13. The van der Waals surface area contributed by atoms with E-state index in [1.165, 1.54) is 12.1 Å². The maximum Gasteiger partial charge on any atom is 0.416 e. The minimum Gasteiger partial charge on any atom is -0.497 e. The average molecular weight is 313 g/mol. The number of carbonyl (C=O) groups excluding carboxylic acids is 1. The highest BCUT2D eigenvalue weighted by Gasteiger charge is 2.34. The molecule has 0 amide bonds. The van der Waals surface area contributed by atoms with E-state index in [9.17, 15) is 18.0 Å². The third-order valence-electron chi connectivity index (χ3n) is 2.91. The lowest BCUT2D eigenvalue weighted by atomic mass is 10.0. The van der Waals surface area contributed by atoms with Crippen LogP contribution in [0.2, 0.25) is 0 Å². The first-order valence-electron chi connectivity index (χ1n) is 6.56.